The lowest BCUT2D eigenvalue weighted by Gasteiger charge is -2.37. The average Bonchev–Trinajstić information content (AvgIpc) is 3.40. The lowest BCUT2D eigenvalue weighted by Crippen LogP contribution is -2.48. The Morgan fingerprint density at radius 3 is 0.713 bits per heavy atom. The molecule has 0 fully saturated rings. The fourth-order valence-corrected chi connectivity index (χ4v) is 8.74. The Morgan fingerprint density at radius 2 is 0.450 bits per heavy atom. The second-order valence-electron chi connectivity index (χ2n) is 20.2. The molecular formula is C51H110N6O23. The first-order valence-electron chi connectivity index (χ1n) is 28.2. The molecule has 0 saturated carbocycles. The summed E-state index contributed by atoms with van der Waals surface area (Å²) in [4.78, 5) is 10.4. The monoisotopic (exact) mass is 1170 g/mol. The molecule has 0 saturated heterocycles. The van der Waals surface area contributed by atoms with Crippen LogP contribution in [0.3, 0.4) is 0 Å². The van der Waals surface area contributed by atoms with Gasteiger partial charge >= 0.3 is 0 Å². The van der Waals surface area contributed by atoms with Crippen LogP contribution < -0.4 is 0 Å². The predicted molar refractivity (Wildman–Crippen MR) is 293 cm³/mol. The van der Waals surface area contributed by atoms with E-state index in [1.807, 2.05) is 9.80 Å². The minimum Gasteiger partial charge on any atom is -0.395 e. The van der Waals surface area contributed by atoms with E-state index in [4.69, 9.17) is 33.2 Å². The quantitative estimate of drug-likeness (QED) is 0.0252. The molecule has 29 heteroatoms. The molecule has 0 amide bonds. The van der Waals surface area contributed by atoms with Crippen molar-refractivity contribution >= 4 is 0 Å². The number of ether oxygens (including phenoxy) is 7. The fourth-order valence-electron chi connectivity index (χ4n) is 8.74. The van der Waals surface area contributed by atoms with Gasteiger partial charge in [0.1, 0.15) is 0 Å². The summed E-state index contributed by atoms with van der Waals surface area (Å²) in [6, 6.07) is 0. The average molecular weight is 1180 g/mol. The van der Waals surface area contributed by atoms with Gasteiger partial charge < -0.3 is 115 Å². The van der Waals surface area contributed by atoms with Gasteiger partial charge in [-0.3, -0.25) is 29.4 Å². The molecule has 0 radical (unpaired) electrons. The summed E-state index contributed by atoms with van der Waals surface area (Å²) in [5, 5.41) is 160. The van der Waals surface area contributed by atoms with Crippen LogP contribution in [0.2, 0.25) is 0 Å². The third-order valence-electron chi connectivity index (χ3n) is 12.7. The van der Waals surface area contributed by atoms with Gasteiger partial charge in [-0.25, -0.2) is 0 Å². The second kappa shape index (κ2) is 53.3. The molecule has 0 aromatic heterocycles. The third-order valence-corrected chi connectivity index (χ3v) is 12.7. The summed E-state index contributed by atoms with van der Waals surface area (Å²) in [6.45, 7) is -0.0860. The van der Waals surface area contributed by atoms with Crippen molar-refractivity contribution < 1.29 is 115 Å². The fraction of sp³-hybridized carbons (Fsp3) is 1.00. The summed E-state index contributed by atoms with van der Waals surface area (Å²) in [7, 11) is 0. The zero-order chi connectivity index (χ0) is 59.5. The number of nitrogens with zero attached hydrogens (tertiary/aromatic N) is 6. The normalized spacial score (nSPS) is 15.5. The number of aliphatic hydroxyl groups is 16. The molecule has 0 aromatic rings. The summed E-state index contributed by atoms with van der Waals surface area (Å²) in [5.41, 5.74) is -2.43. The summed E-state index contributed by atoms with van der Waals surface area (Å²) in [5.74, 6) is 0. The van der Waals surface area contributed by atoms with Gasteiger partial charge in [-0.05, 0) is 6.42 Å². The van der Waals surface area contributed by atoms with Crippen molar-refractivity contribution in [3.63, 3.8) is 0 Å². The van der Waals surface area contributed by atoms with Gasteiger partial charge in [0, 0.05) is 124 Å². The van der Waals surface area contributed by atoms with Crippen molar-refractivity contribution in [2.24, 2.45) is 10.8 Å². The van der Waals surface area contributed by atoms with Crippen LogP contribution in [0.15, 0.2) is 0 Å². The molecule has 16 N–H and O–H groups in total. The Labute approximate surface area is 474 Å². The highest BCUT2D eigenvalue weighted by Gasteiger charge is 2.38. The molecule has 29 nitrogen and oxygen atoms in total. The number of rotatable bonds is 63. The van der Waals surface area contributed by atoms with Gasteiger partial charge in [-0.2, -0.15) is 0 Å². The Morgan fingerprint density at radius 1 is 0.237 bits per heavy atom. The van der Waals surface area contributed by atoms with Crippen molar-refractivity contribution in [3.8, 4) is 0 Å². The van der Waals surface area contributed by atoms with Crippen molar-refractivity contribution in [2.75, 3.05) is 290 Å². The van der Waals surface area contributed by atoms with Gasteiger partial charge in [0.2, 0.25) is 0 Å². The largest absolute Gasteiger partial charge is 0.395 e. The lowest BCUT2D eigenvalue weighted by atomic mass is 9.90. The molecule has 0 rings (SSSR count). The van der Waals surface area contributed by atoms with Gasteiger partial charge in [-0.1, -0.05) is 0 Å². The van der Waals surface area contributed by atoms with E-state index in [9.17, 15) is 81.7 Å². The molecular weight excluding hydrogens is 1060 g/mol. The number of aliphatic hydroxyl groups excluding tert-OH is 16. The van der Waals surface area contributed by atoms with E-state index in [2.05, 4.69) is 0 Å². The van der Waals surface area contributed by atoms with Gasteiger partial charge in [0.15, 0.2) is 0 Å². The minimum atomic E-state index is -1.29. The Hall–Kier alpha value is -1.16. The predicted octanol–water partition coefficient (Wildman–Crippen LogP) is -9.37. The van der Waals surface area contributed by atoms with Crippen molar-refractivity contribution in [1.82, 2.24) is 29.4 Å². The SMILES string of the molecule is OCCN(CCO)CCCOCC(COCCN(CCO)CCO)(COCC(O)CN(CCO)CCO)COCC(COCC(O)CN(CCO)CCO)(COCC(O)CN(CCO)CCO)COCC(O)CN(CCO)CCO. The molecule has 0 heterocycles. The van der Waals surface area contributed by atoms with Crippen LogP contribution in [-0.2, 0) is 33.2 Å². The molecule has 0 aliphatic carbocycles. The van der Waals surface area contributed by atoms with Crippen LogP contribution in [0.1, 0.15) is 6.42 Å². The topological polar surface area (TPSA) is 408 Å². The zero-order valence-corrected chi connectivity index (χ0v) is 47.8. The Bertz CT molecular complexity index is 1220. The van der Waals surface area contributed by atoms with Crippen molar-refractivity contribution in [1.29, 1.82) is 0 Å². The van der Waals surface area contributed by atoms with Gasteiger partial charge in [0.05, 0.1) is 200 Å². The zero-order valence-electron chi connectivity index (χ0n) is 47.8. The van der Waals surface area contributed by atoms with Crippen LogP contribution >= 0.6 is 0 Å². The molecule has 5 unspecified atom stereocenters. The minimum absolute atomic E-state index is 0.0309. The van der Waals surface area contributed by atoms with E-state index in [0.717, 1.165) is 0 Å². The maximum absolute atomic E-state index is 11.1. The first-order chi connectivity index (χ1) is 38.7. The Kier molecular flexibility index (Phi) is 52.5. The van der Waals surface area contributed by atoms with Crippen LogP contribution in [0.25, 0.3) is 0 Å². The number of hydrogen-bond acceptors (Lipinski definition) is 29. The third kappa shape index (κ3) is 41.0. The summed E-state index contributed by atoms with van der Waals surface area (Å²) < 4.78 is 44.2. The highest BCUT2D eigenvalue weighted by Crippen LogP contribution is 2.26. The van der Waals surface area contributed by atoms with Crippen LogP contribution in [0.5, 0.6) is 0 Å². The molecule has 0 spiro atoms. The maximum Gasteiger partial charge on any atom is 0.0900 e. The first kappa shape index (κ1) is 78.8. The van der Waals surface area contributed by atoms with Crippen LogP contribution in [-0.4, -0.2) is 425 Å². The van der Waals surface area contributed by atoms with E-state index in [0.29, 0.717) is 32.6 Å². The van der Waals surface area contributed by atoms with E-state index in [1.54, 1.807) is 19.6 Å². The van der Waals surface area contributed by atoms with E-state index in [1.165, 1.54) is 0 Å². The van der Waals surface area contributed by atoms with Crippen LogP contribution in [0, 0.1) is 10.8 Å². The summed E-state index contributed by atoms with van der Waals surface area (Å²) >= 11 is 0. The van der Waals surface area contributed by atoms with Crippen molar-refractivity contribution in [3.05, 3.63) is 0 Å². The molecule has 80 heavy (non-hydrogen) atoms. The highest BCUT2D eigenvalue weighted by atomic mass is 16.5. The smallest absolute Gasteiger partial charge is 0.0900 e. The van der Waals surface area contributed by atoms with E-state index < -0.39 is 35.2 Å². The Balaban J connectivity index is 7.40. The molecule has 5 atom stereocenters. The lowest BCUT2D eigenvalue weighted by molar-refractivity contribution is -0.154. The molecule has 0 aliphatic heterocycles. The molecule has 0 aliphatic rings. The van der Waals surface area contributed by atoms with Crippen LogP contribution in [0.4, 0.5) is 0 Å². The standard InChI is InChI=1S/C51H110N6O23/c58-16-3-52(4-17-59)2-1-28-74-38-50(39-75-29-15-53(5-18-60)6-19-61,40-76-34-46(70)30-54(7-20-62)8-21-63)44-80-45-51(41-77-35-47(71)31-55(9-22-64)10-23-65,42-78-36-48(72)32-56(11-24-66)12-25-67)43-79-37-49(73)33-57(13-26-68)14-27-69/h46-49,58-73H,1-45H2. The molecule has 0 bridgehead atoms. The van der Waals surface area contributed by atoms with Crippen molar-refractivity contribution in [2.45, 2.75) is 30.8 Å². The second-order valence-corrected chi connectivity index (χ2v) is 20.2. The van der Waals surface area contributed by atoms with Gasteiger partial charge in [0.25, 0.3) is 0 Å². The first-order valence-corrected chi connectivity index (χ1v) is 28.2. The maximum atomic E-state index is 11.1. The van der Waals surface area contributed by atoms with E-state index in [-0.39, 0.29) is 263 Å². The van der Waals surface area contributed by atoms with E-state index >= 15 is 0 Å². The summed E-state index contributed by atoms with van der Waals surface area (Å²) in [6.07, 6.45) is -3.83. The molecule has 482 valence electrons. The highest BCUT2D eigenvalue weighted by molar-refractivity contribution is 4.85. The molecule has 0 aromatic carbocycles. The number of hydrogen-bond donors (Lipinski definition) is 16. The van der Waals surface area contributed by atoms with Gasteiger partial charge in [-0.15, -0.1) is 0 Å².